The van der Waals surface area contributed by atoms with E-state index >= 15 is 0 Å². The van der Waals surface area contributed by atoms with Crippen molar-refractivity contribution in [3.8, 4) is 11.8 Å². The van der Waals surface area contributed by atoms with Crippen LogP contribution in [0.25, 0.3) is 6.08 Å². The number of nitro groups is 1. The molecule has 6 nitrogen and oxygen atoms in total. The van der Waals surface area contributed by atoms with Gasteiger partial charge < -0.3 is 4.74 Å². The lowest BCUT2D eigenvalue weighted by Gasteiger charge is -2.12. The Morgan fingerprint density at radius 3 is 2.60 bits per heavy atom. The monoisotopic (exact) mass is 336 g/mol. The second-order valence-electron chi connectivity index (χ2n) is 5.51. The van der Waals surface area contributed by atoms with E-state index in [1.807, 2.05) is 19.9 Å². The number of carbonyl (C=O) groups excluding carboxylic acids is 1. The summed E-state index contributed by atoms with van der Waals surface area (Å²) in [5.41, 5.74) is 0.350. The third-order valence-corrected chi connectivity index (χ3v) is 3.27. The molecular formula is C19H16N2O4. The van der Waals surface area contributed by atoms with Gasteiger partial charge in [-0.25, -0.2) is 0 Å². The SMILES string of the molecule is CC(C)Oc1ccccc1/C=C(\C#N)C(=O)c1cccc([N+](=O)[O-])c1. The molecule has 126 valence electrons. The lowest BCUT2D eigenvalue weighted by Crippen LogP contribution is -2.07. The first-order valence-electron chi connectivity index (χ1n) is 7.59. The maximum Gasteiger partial charge on any atom is 0.270 e. The number of para-hydroxylation sites is 1. The number of allylic oxidation sites excluding steroid dienone is 1. The molecule has 0 aliphatic carbocycles. The fourth-order valence-corrected chi connectivity index (χ4v) is 2.18. The van der Waals surface area contributed by atoms with Crippen LogP contribution in [0.15, 0.2) is 54.1 Å². The Morgan fingerprint density at radius 1 is 1.24 bits per heavy atom. The number of nitriles is 1. The predicted molar refractivity (Wildman–Crippen MR) is 93.2 cm³/mol. The van der Waals surface area contributed by atoms with Crippen molar-refractivity contribution < 1.29 is 14.5 Å². The van der Waals surface area contributed by atoms with Gasteiger partial charge in [0.25, 0.3) is 5.69 Å². The van der Waals surface area contributed by atoms with Crippen molar-refractivity contribution in [2.24, 2.45) is 0 Å². The van der Waals surface area contributed by atoms with Gasteiger partial charge in [-0.1, -0.05) is 30.3 Å². The fraction of sp³-hybridized carbons (Fsp3) is 0.158. The number of Topliss-reactive ketones (excluding diaryl/α,β-unsaturated/α-hetero) is 1. The van der Waals surface area contributed by atoms with Crippen molar-refractivity contribution in [1.82, 2.24) is 0 Å². The summed E-state index contributed by atoms with van der Waals surface area (Å²) in [5, 5.41) is 20.2. The van der Waals surface area contributed by atoms with E-state index in [4.69, 9.17) is 4.74 Å². The van der Waals surface area contributed by atoms with Crippen molar-refractivity contribution >= 4 is 17.5 Å². The second kappa shape index (κ2) is 7.88. The second-order valence-corrected chi connectivity index (χ2v) is 5.51. The summed E-state index contributed by atoms with van der Waals surface area (Å²) in [6.07, 6.45) is 1.37. The molecule has 0 spiro atoms. The molecule has 0 aromatic heterocycles. The Labute approximate surface area is 145 Å². The summed E-state index contributed by atoms with van der Waals surface area (Å²) < 4.78 is 5.67. The minimum atomic E-state index is -0.585. The third kappa shape index (κ3) is 4.52. The summed E-state index contributed by atoms with van der Waals surface area (Å²) in [4.78, 5) is 22.8. The van der Waals surface area contributed by atoms with Gasteiger partial charge in [0.15, 0.2) is 0 Å². The molecule has 25 heavy (non-hydrogen) atoms. The number of non-ortho nitro benzene ring substituents is 1. The van der Waals surface area contributed by atoms with Crippen LogP contribution in [-0.4, -0.2) is 16.8 Å². The molecule has 0 amide bonds. The minimum Gasteiger partial charge on any atom is -0.490 e. The van der Waals surface area contributed by atoms with Crippen LogP contribution in [0, 0.1) is 21.4 Å². The molecule has 0 saturated heterocycles. The lowest BCUT2D eigenvalue weighted by atomic mass is 10.0. The molecule has 0 bridgehead atoms. The van der Waals surface area contributed by atoms with Gasteiger partial charge in [0.2, 0.25) is 5.78 Å². The zero-order valence-corrected chi connectivity index (χ0v) is 13.8. The third-order valence-electron chi connectivity index (χ3n) is 3.27. The Bertz CT molecular complexity index is 879. The summed E-state index contributed by atoms with van der Waals surface area (Å²) in [7, 11) is 0. The van der Waals surface area contributed by atoms with E-state index in [9.17, 15) is 20.2 Å². The topological polar surface area (TPSA) is 93.2 Å². The zero-order valence-electron chi connectivity index (χ0n) is 13.8. The first kappa shape index (κ1) is 17.9. The number of carbonyl (C=O) groups is 1. The van der Waals surface area contributed by atoms with E-state index in [-0.39, 0.29) is 22.9 Å². The molecule has 0 saturated carbocycles. The van der Waals surface area contributed by atoms with Gasteiger partial charge in [0.05, 0.1) is 11.0 Å². The normalized spacial score (nSPS) is 11.0. The summed E-state index contributed by atoms with van der Waals surface area (Å²) in [6, 6.07) is 14.2. The van der Waals surface area contributed by atoms with Crippen molar-refractivity contribution in [1.29, 1.82) is 5.26 Å². The van der Waals surface area contributed by atoms with Crippen LogP contribution in [0.2, 0.25) is 0 Å². The first-order chi connectivity index (χ1) is 11.9. The van der Waals surface area contributed by atoms with Crippen molar-refractivity contribution in [3.05, 3.63) is 75.3 Å². The number of ketones is 1. The van der Waals surface area contributed by atoms with Crippen LogP contribution in [0.3, 0.4) is 0 Å². The van der Waals surface area contributed by atoms with E-state index < -0.39 is 10.7 Å². The summed E-state index contributed by atoms with van der Waals surface area (Å²) in [5.74, 6) is -0.0253. The molecule has 0 N–H and O–H groups in total. The molecular weight excluding hydrogens is 320 g/mol. The Hall–Kier alpha value is -3.46. The van der Waals surface area contributed by atoms with Crippen LogP contribution in [0.1, 0.15) is 29.8 Å². The molecule has 0 radical (unpaired) electrons. The highest BCUT2D eigenvalue weighted by Gasteiger charge is 2.16. The number of nitrogens with zero attached hydrogens (tertiary/aromatic N) is 2. The van der Waals surface area contributed by atoms with Gasteiger partial charge in [0.1, 0.15) is 17.4 Å². The number of hydrogen-bond acceptors (Lipinski definition) is 5. The Balaban J connectivity index is 2.42. The smallest absolute Gasteiger partial charge is 0.270 e. The standard InChI is InChI=1S/C19H16N2O4/c1-13(2)25-18-9-4-3-6-14(18)10-16(12-20)19(22)15-7-5-8-17(11-15)21(23)24/h3-11,13H,1-2H3/b16-10+. The molecule has 2 rings (SSSR count). The fourth-order valence-electron chi connectivity index (χ4n) is 2.18. The van der Waals surface area contributed by atoms with Gasteiger partial charge in [-0.15, -0.1) is 0 Å². The van der Waals surface area contributed by atoms with Gasteiger partial charge in [-0.3, -0.25) is 14.9 Å². The van der Waals surface area contributed by atoms with Crippen LogP contribution in [0.4, 0.5) is 5.69 Å². The predicted octanol–water partition coefficient (Wildman–Crippen LogP) is 4.17. The van der Waals surface area contributed by atoms with E-state index in [0.29, 0.717) is 11.3 Å². The quantitative estimate of drug-likeness (QED) is 0.259. The average Bonchev–Trinajstić information content (AvgIpc) is 2.60. The van der Waals surface area contributed by atoms with Crippen molar-refractivity contribution in [2.75, 3.05) is 0 Å². The van der Waals surface area contributed by atoms with Crippen molar-refractivity contribution in [3.63, 3.8) is 0 Å². The molecule has 6 heteroatoms. The number of ether oxygens (including phenoxy) is 1. The zero-order chi connectivity index (χ0) is 18.4. The number of benzene rings is 2. The summed E-state index contributed by atoms with van der Waals surface area (Å²) >= 11 is 0. The molecule has 0 atom stereocenters. The highest BCUT2D eigenvalue weighted by atomic mass is 16.6. The largest absolute Gasteiger partial charge is 0.490 e. The van der Waals surface area contributed by atoms with Crippen molar-refractivity contribution in [2.45, 2.75) is 20.0 Å². The molecule has 2 aromatic rings. The van der Waals surface area contributed by atoms with E-state index in [1.165, 1.54) is 24.3 Å². The van der Waals surface area contributed by atoms with Gasteiger partial charge in [-0.2, -0.15) is 5.26 Å². The number of rotatable bonds is 6. The molecule has 0 heterocycles. The van der Waals surface area contributed by atoms with Gasteiger partial charge >= 0.3 is 0 Å². The molecule has 2 aromatic carbocycles. The number of hydrogen-bond donors (Lipinski definition) is 0. The number of nitro benzene ring substituents is 1. The molecule has 0 aliphatic heterocycles. The molecule has 0 unspecified atom stereocenters. The highest BCUT2D eigenvalue weighted by Crippen LogP contribution is 2.24. The first-order valence-corrected chi connectivity index (χ1v) is 7.59. The van der Waals surface area contributed by atoms with Crippen LogP contribution in [-0.2, 0) is 0 Å². The Kier molecular flexibility index (Phi) is 5.64. The summed E-state index contributed by atoms with van der Waals surface area (Å²) in [6.45, 7) is 3.75. The maximum atomic E-state index is 12.5. The van der Waals surface area contributed by atoms with Crippen LogP contribution < -0.4 is 4.74 Å². The molecule has 0 fully saturated rings. The minimum absolute atomic E-state index is 0.0624. The van der Waals surface area contributed by atoms with E-state index in [2.05, 4.69) is 0 Å². The van der Waals surface area contributed by atoms with E-state index in [0.717, 1.165) is 6.07 Å². The lowest BCUT2D eigenvalue weighted by molar-refractivity contribution is -0.384. The highest BCUT2D eigenvalue weighted by molar-refractivity contribution is 6.14. The maximum absolute atomic E-state index is 12.5. The van der Waals surface area contributed by atoms with Gasteiger partial charge in [-0.05, 0) is 26.0 Å². The van der Waals surface area contributed by atoms with E-state index in [1.54, 1.807) is 24.3 Å². The van der Waals surface area contributed by atoms with Crippen LogP contribution >= 0.6 is 0 Å². The average molecular weight is 336 g/mol. The Morgan fingerprint density at radius 2 is 1.96 bits per heavy atom. The molecule has 0 aliphatic rings. The van der Waals surface area contributed by atoms with Gasteiger partial charge in [0, 0.05) is 23.3 Å². The van der Waals surface area contributed by atoms with Crippen LogP contribution in [0.5, 0.6) is 5.75 Å².